The molecule has 0 saturated carbocycles. The van der Waals surface area contributed by atoms with Gasteiger partial charge in [0.05, 0.1) is 12.5 Å². The number of carbonyl (C=O) groups is 2. The summed E-state index contributed by atoms with van der Waals surface area (Å²) < 4.78 is 13.1. The van der Waals surface area contributed by atoms with Gasteiger partial charge in [0.2, 0.25) is 0 Å². The second kappa shape index (κ2) is 6.84. The second-order valence-electron chi connectivity index (χ2n) is 4.25. The van der Waals surface area contributed by atoms with E-state index in [0.29, 0.717) is 0 Å². The highest BCUT2D eigenvalue weighted by molar-refractivity contribution is 5.94. The van der Waals surface area contributed by atoms with Gasteiger partial charge in [-0.3, -0.25) is 9.59 Å². The molecule has 1 rings (SSSR count). The second-order valence-corrected chi connectivity index (χ2v) is 4.25. The third-order valence-electron chi connectivity index (χ3n) is 2.44. The first-order chi connectivity index (χ1) is 8.90. The number of halogens is 1. The van der Waals surface area contributed by atoms with Crippen LogP contribution in [0, 0.1) is 5.82 Å². The molecule has 1 atom stereocenters. The minimum absolute atomic E-state index is 0.00261. The standard InChI is InChI=1S/C13H16FNO4/c1-9(16)8-15(6-5-12(17)18)13(19)10-3-2-4-11(14)7-10/h2-4,7,9,16H,5-6,8H2,1H3,(H,17,18). The lowest BCUT2D eigenvalue weighted by Gasteiger charge is -2.23. The van der Waals surface area contributed by atoms with Gasteiger partial charge < -0.3 is 15.1 Å². The highest BCUT2D eigenvalue weighted by atomic mass is 19.1. The van der Waals surface area contributed by atoms with Gasteiger partial charge in [0.1, 0.15) is 5.82 Å². The SMILES string of the molecule is CC(O)CN(CCC(=O)O)C(=O)c1cccc(F)c1. The fraction of sp³-hybridized carbons (Fsp3) is 0.385. The first kappa shape index (κ1) is 15.1. The van der Waals surface area contributed by atoms with Gasteiger partial charge in [-0.15, -0.1) is 0 Å². The van der Waals surface area contributed by atoms with E-state index in [1.165, 1.54) is 30.0 Å². The summed E-state index contributed by atoms with van der Waals surface area (Å²) in [6, 6.07) is 5.15. The van der Waals surface area contributed by atoms with Crippen LogP contribution in [0.4, 0.5) is 4.39 Å². The summed E-state index contributed by atoms with van der Waals surface area (Å²) >= 11 is 0. The third-order valence-corrected chi connectivity index (χ3v) is 2.44. The highest BCUT2D eigenvalue weighted by Crippen LogP contribution is 2.09. The quantitative estimate of drug-likeness (QED) is 0.811. The normalized spacial score (nSPS) is 11.9. The van der Waals surface area contributed by atoms with Crippen molar-refractivity contribution < 1.29 is 24.2 Å². The fourth-order valence-electron chi connectivity index (χ4n) is 1.63. The number of benzene rings is 1. The van der Waals surface area contributed by atoms with Gasteiger partial charge >= 0.3 is 5.97 Å². The smallest absolute Gasteiger partial charge is 0.305 e. The number of aliphatic hydroxyl groups is 1. The molecular weight excluding hydrogens is 253 g/mol. The largest absolute Gasteiger partial charge is 0.481 e. The molecule has 2 N–H and O–H groups in total. The van der Waals surface area contributed by atoms with E-state index in [0.717, 1.165) is 6.07 Å². The average Bonchev–Trinajstić information content (AvgIpc) is 2.33. The zero-order valence-corrected chi connectivity index (χ0v) is 10.5. The van der Waals surface area contributed by atoms with Crippen LogP contribution in [0.15, 0.2) is 24.3 Å². The van der Waals surface area contributed by atoms with Gasteiger partial charge in [0.25, 0.3) is 5.91 Å². The van der Waals surface area contributed by atoms with E-state index < -0.39 is 23.8 Å². The van der Waals surface area contributed by atoms with Crippen molar-refractivity contribution in [1.82, 2.24) is 4.90 Å². The maximum Gasteiger partial charge on any atom is 0.305 e. The molecule has 0 aromatic heterocycles. The Kier molecular flexibility index (Phi) is 5.44. The van der Waals surface area contributed by atoms with Crippen LogP contribution in [0.3, 0.4) is 0 Å². The molecule has 1 aromatic rings. The fourth-order valence-corrected chi connectivity index (χ4v) is 1.63. The van der Waals surface area contributed by atoms with E-state index in [4.69, 9.17) is 5.11 Å². The Morgan fingerprint density at radius 3 is 2.63 bits per heavy atom. The Morgan fingerprint density at radius 1 is 1.42 bits per heavy atom. The van der Waals surface area contributed by atoms with Crippen molar-refractivity contribution in [2.24, 2.45) is 0 Å². The number of carbonyl (C=O) groups excluding carboxylic acids is 1. The monoisotopic (exact) mass is 269 g/mol. The minimum atomic E-state index is -1.04. The molecule has 1 unspecified atom stereocenters. The first-order valence-corrected chi connectivity index (χ1v) is 5.85. The first-order valence-electron chi connectivity index (χ1n) is 5.85. The third kappa shape index (κ3) is 5.05. The van der Waals surface area contributed by atoms with E-state index in [1.807, 2.05) is 0 Å². The molecule has 0 fully saturated rings. The van der Waals surface area contributed by atoms with Crippen molar-refractivity contribution in [1.29, 1.82) is 0 Å². The predicted molar refractivity (Wildman–Crippen MR) is 66.2 cm³/mol. The lowest BCUT2D eigenvalue weighted by Crippen LogP contribution is -2.38. The van der Waals surface area contributed by atoms with Gasteiger partial charge in [-0.2, -0.15) is 0 Å². The molecule has 104 valence electrons. The minimum Gasteiger partial charge on any atom is -0.481 e. The van der Waals surface area contributed by atoms with E-state index in [2.05, 4.69) is 0 Å². The summed E-state index contributed by atoms with van der Waals surface area (Å²) in [6.45, 7) is 1.46. The lowest BCUT2D eigenvalue weighted by atomic mass is 10.1. The zero-order chi connectivity index (χ0) is 14.4. The Morgan fingerprint density at radius 2 is 2.11 bits per heavy atom. The van der Waals surface area contributed by atoms with Crippen molar-refractivity contribution in [3.05, 3.63) is 35.6 Å². The van der Waals surface area contributed by atoms with Crippen molar-refractivity contribution in [2.75, 3.05) is 13.1 Å². The van der Waals surface area contributed by atoms with Crippen LogP contribution in [0.5, 0.6) is 0 Å². The molecule has 19 heavy (non-hydrogen) atoms. The molecule has 0 bridgehead atoms. The van der Waals surface area contributed by atoms with Crippen LogP contribution < -0.4 is 0 Å². The molecular formula is C13H16FNO4. The zero-order valence-electron chi connectivity index (χ0n) is 10.5. The number of carboxylic acids is 1. The molecule has 0 spiro atoms. The Bertz CT molecular complexity index is 462. The molecule has 5 nitrogen and oxygen atoms in total. The highest BCUT2D eigenvalue weighted by Gasteiger charge is 2.18. The number of rotatable bonds is 6. The number of amides is 1. The maximum absolute atomic E-state index is 13.1. The molecule has 0 heterocycles. The van der Waals surface area contributed by atoms with Gasteiger partial charge in [-0.25, -0.2) is 4.39 Å². The number of aliphatic carboxylic acids is 1. The van der Waals surface area contributed by atoms with Gasteiger partial charge in [0, 0.05) is 18.7 Å². The molecule has 1 amide bonds. The summed E-state index contributed by atoms with van der Waals surface area (Å²) in [5.41, 5.74) is 0.131. The molecule has 0 aliphatic rings. The van der Waals surface area contributed by atoms with Gasteiger partial charge in [0.15, 0.2) is 0 Å². The molecule has 0 radical (unpaired) electrons. The summed E-state index contributed by atoms with van der Waals surface area (Å²) in [5.74, 6) is -2.08. The molecule has 0 saturated heterocycles. The van der Waals surface area contributed by atoms with Crippen molar-refractivity contribution in [2.45, 2.75) is 19.4 Å². The van der Waals surface area contributed by atoms with Crippen LogP contribution in [-0.4, -0.2) is 46.2 Å². The van der Waals surface area contributed by atoms with Crippen LogP contribution in [0.2, 0.25) is 0 Å². The van der Waals surface area contributed by atoms with Crippen molar-refractivity contribution in [3.8, 4) is 0 Å². The molecule has 6 heteroatoms. The number of hydrogen-bond acceptors (Lipinski definition) is 3. The Balaban J connectivity index is 2.83. The summed E-state index contributed by atoms with van der Waals surface area (Å²) in [6.07, 6.45) is -1.01. The van der Waals surface area contributed by atoms with E-state index in [-0.39, 0.29) is 25.1 Å². The summed E-state index contributed by atoms with van der Waals surface area (Å²) in [5, 5.41) is 18.0. The number of carboxylic acid groups (broad SMARTS) is 1. The number of nitrogens with zero attached hydrogens (tertiary/aromatic N) is 1. The molecule has 0 aliphatic heterocycles. The maximum atomic E-state index is 13.1. The van der Waals surface area contributed by atoms with Crippen LogP contribution in [-0.2, 0) is 4.79 Å². The van der Waals surface area contributed by atoms with Gasteiger partial charge in [-0.1, -0.05) is 6.07 Å². The Labute approximate surface area is 110 Å². The molecule has 1 aromatic carbocycles. The predicted octanol–water partition coefficient (Wildman–Crippen LogP) is 1.12. The summed E-state index contributed by atoms with van der Waals surface area (Å²) in [4.78, 5) is 23.8. The van der Waals surface area contributed by atoms with Gasteiger partial charge in [-0.05, 0) is 25.1 Å². The van der Waals surface area contributed by atoms with Crippen LogP contribution in [0.25, 0.3) is 0 Å². The number of hydrogen-bond donors (Lipinski definition) is 2. The topological polar surface area (TPSA) is 77.8 Å². The van der Waals surface area contributed by atoms with Crippen LogP contribution >= 0.6 is 0 Å². The summed E-state index contributed by atoms with van der Waals surface area (Å²) in [7, 11) is 0. The number of aliphatic hydroxyl groups excluding tert-OH is 1. The van der Waals surface area contributed by atoms with E-state index >= 15 is 0 Å². The average molecular weight is 269 g/mol. The van der Waals surface area contributed by atoms with E-state index in [1.54, 1.807) is 0 Å². The van der Waals surface area contributed by atoms with Crippen molar-refractivity contribution >= 4 is 11.9 Å². The van der Waals surface area contributed by atoms with Crippen LogP contribution in [0.1, 0.15) is 23.7 Å². The van der Waals surface area contributed by atoms with E-state index in [9.17, 15) is 19.1 Å². The Hall–Kier alpha value is -1.95. The van der Waals surface area contributed by atoms with Crippen molar-refractivity contribution in [3.63, 3.8) is 0 Å². The lowest BCUT2D eigenvalue weighted by molar-refractivity contribution is -0.137. The molecule has 0 aliphatic carbocycles.